The molecule has 0 aromatic carbocycles. The maximum atomic E-state index is 9.18. The molecule has 0 fully saturated rings. The third kappa shape index (κ3) is 1.37. The SMILES string of the molecule is CC(O)c1ccsc1CN. The smallest absolute Gasteiger partial charge is 0.0773 e. The highest BCUT2D eigenvalue weighted by Gasteiger charge is 2.06. The number of nitrogens with two attached hydrogens (primary N) is 1. The predicted molar refractivity (Wildman–Crippen MR) is 42.8 cm³/mol. The molecule has 1 heterocycles. The molecular formula is C7H11NOS. The van der Waals surface area contributed by atoms with Gasteiger partial charge in [0, 0.05) is 11.4 Å². The van der Waals surface area contributed by atoms with Crippen molar-refractivity contribution in [2.75, 3.05) is 0 Å². The zero-order valence-corrected chi connectivity index (χ0v) is 6.69. The molecule has 0 saturated carbocycles. The quantitative estimate of drug-likeness (QED) is 0.679. The van der Waals surface area contributed by atoms with Gasteiger partial charge in [0.15, 0.2) is 0 Å². The Kier molecular flexibility index (Phi) is 2.43. The lowest BCUT2D eigenvalue weighted by molar-refractivity contribution is 0.199. The second-order valence-electron chi connectivity index (χ2n) is 2.18. The van der Waals surface area contributed by atoms with Gasteiger partial charge < -0.3 is 10.8 Å². The Morgan fingerprint density at radius 1 is 1.80 bits per heavy atom. The molecule has 0 saturated heterocycles. The molecule has 1 aromatic heterocycles. The van der Waals surface area contributed by atoms with Crippen LogP contribution in [0.5, 0.6) is 0 Å². The van der Waals surface area contributed by atoms with E-state index in [1.54, 1.807) is 18.3 Å². The first kappa shape index (κ1) is 7.72. The van der Waals surface area contributed by atoms with E-state index in [9.17, 15) is 5.11 Å². The van der Waals surface area contributed by atoms with Crippen LogP contribution in [0.15, 0.2) is 11.4 Å². The highest BCUT2D eigenvalue weighted by Crippen LogP contribution is 2.22. The van der Waals surface area contributed by atoms with Crippen LogP contribution >= 0.6 is 11.3 Å². The van der Waals surface area contributed by atoms with Gasteiger partial charge in [-0.25, -0.2) is 0 Å². The largest absolute Gasteiger partial charge is 0.389 e. The minimum Gasteiger partial charge on any atom is -0.389 e. The van der Waals surface area contributed by atoms with E-state index >= 15 is 0 Å². The van der Waals surface area contributed by atoms with E-state index < -0.39 is 0 Å². The third-order valence-corrected chi connectivity index (χ3v) is 2.37. The van der Waals surface area contributed by atoms with Gasteiger partial charge in [0.05, 0.1) is 6.10 Å². The van der Waals surface area contributed by atoms with E-state index in [4.69, 9.17) is 5.73 Å². The Labute approximate surface area is 64.3 Å². The van der Waals surface area contributed by atoms with Crippen molar-refractivity contribution >= 4 is 11.3 Å². The molecule has 0 aliphatic rings. The fourth-order valence-corrected chi connectivity index (χ4v) is 1.74. The lowest BCUT2D eigenvalue weighted by Gasteiger charge is -2.02. The molecule has 0 aliphatic carbocycles. The zero-order valence-electron chi connectivity index (χ0n) is 5.87. The first-order valence-electron chi connectivity index (χ1n) is 3.20. The second-order valence-corrected chi connectivity index (χ2v) is 3.18. The molecule has 1 unspecified atom stereocenters. The number of thiophene rings is 1. The van der Waals surface area contributed by atoms with Gasteiger partial charge in [-0.15, -0.1) is 11.3 Å². The Morgan fingerprint density at radius 2 is 2.50 bits per heavy atom. The summed E-state index contributed by atoms with van der Waals surface area (Å²) in [7, 11) is 0. The summed E-state index contributed by atoms with van der Waals surface area (Å²) in [5.74, 6) is 0. The molecule has 0 spiro atoms. The van der Waals surface area contributed by atoms with Gasteiger partial charge in [-0.1, -0.05) is 0 Å². The summed E-state index contributed by atoms with van der Waals surface area (Å²) in [4.78, 5) is 1.08. The molecule has 2 nitrogen and oxygen atoms in total. The Morgan fingerprint density at radius 3 is 2.90 bits per heavy atom. The summed E-state index contributed by atoms with van der Waals surface area (Å²) in [6, 6.07) is 1.91. The van der Waals surface area contributed by atoms with Crippen LogP contribution < -0.4 is 5.73 Å². The average Bonchev–Trinajstić information content (AvgIpc) is 2.33. The van der Waals surface area contributed by atoms with Crippen molar-refractivity contribution in [3.8, 4) is 0 Å². The lowest BCUT2D eigenvalue weighted by atomic mass is 10.2. The normalized spacial score (nSPS) is 13.5. The van der Waals surface area contributed by atoms with Crippen molar-refractivity contribution in [1.29, 1.82) is 0 Å². The van der Waals surface area contributed by atoms with E-state index in [0.29, 0.717) is 6.54 Å². The highest BCUT2D eigenvalue weighted by atomic mass is 32.1. The molecule has 0 amide bonds. The van der Waals surface area contributed by atoms with Crippen LogP contribution in [0.25, 0.3) is 0 Å². The van der Waals surface area contributed by atoms with Gasteiger partial charge in [0.25, 0.3) is 0 Å². The minimum atomic E-state index is -0.384. The molecule has 0 radical (unpaired) electrons. The molecular weight excluding hydrogens is 146 g/mol. The van der Waals surface area contributed by atoms with Gasteiger partial charge in [0.1, 0.15) is 0 Å². The third-order valence-electron chi connectivity index (χ3n) is 1.42. The van der Waals surface area contributed by atoms with Crippen LogP contribution in [0.4, 0.5) is 0 Å². The lowest BCUT2D eigenvalue weighted by Crippen LogP contribution is -1.99. The monoisotopic (exact) mass is 157 g/mol. The molecule has 3 heteroatoms. The zero-order chi connectivity index (χ0) is 7.56. The van der Waals surface area contributed by atoms with E-state index in [1.165, 1.54) is 0 Å². The second kappa shape index (κ2) is 3.14. The van der Waals surface area contributed by atoms with E-state index in [-0.39, 0.29) is 6.10 Å². The molecule has 0 bridgehead atoms. The van der Waals surface area contributed by atoms with Crippen molar-refractivity contribution in [2.24, 2.45) is 5.73 Å². The summed E-state index contributed by atoms with van der Waals surface area (Å²) in [6.07, 6.45) is -0.384. The van der Waals surface area contributed by atoms with Crippen LogP contribution in [0.1, 0.15) is 23.5 Å². The summed E-state index contributed by atoms with van der Waals surface area (Å²) < 4.78 is 0. The van der Waals surface area contributed by atoms with Gasteiger partial charge >= 0.3 is 0 Å². The highest BCUT2D eigenvalue weighted by molar-refractivity contribution is 7.10. The van der Waals surface area contributed by atoms with Crippen LogP contribution in [0.3, 0.4) is 0 Å². The van der Waals surface area contributed by atoms with Gasteiger partial charge in [-0.2, -0.15) is 0 Å². The standard InChI is InChI=1S/C7H11NOS/c1-5(9)6-2-3-10-7(6)4-8/h2-3,5,9H,4,8H2,1H3. The molecule has 0 aliphatic heterocycles. The van der Waals surface area contributed by atoms with Crippen molar-refractivity contribution in [3.63, 3.8) is 0 Å². The van der Waals surface area contributed by atoms with Crippen LogP contribution in [-0.4, -0.2) is 5.11 Å². The van der Waals surface area contributed by atoms with Crippen molar-refractivity contribution in [1.82, 2.24) is 0 Å². The van der Waals surface area contributed by atoms with Gasteiger partial charge in [-0.3, -0.25) is 0 Å². The number of aliphatic hydroxyl groups excluding tert-OH is 1. The minimum absolute atomic E-state index is 0.384. The summed E-state index contributed by atoms with van der Waals surface area (Å²) in [5, 5.41) is 11.1. The Hall–Kier alpha value is -0.380. The van der Waals surface area contributed by atoms with Crippen molar-refractivity contribution in [3.05, 3.63) is 21.9 Å². The average molecular weight is 157 g/mol. The number of rotatable bonds is 2. The Balaban J connectivity index is 2.90. The van der Waals surface area contributed by atoms with Gasteiger partial charge in [0.2, 0.25) is 0 Å². The van der Waals surface area contributed by atoms with E-state index in [2.05, 4.69) is 0 Å². The first-order chi connectivity index (χ1) is 4.75. The van der Waals surface area contributed by atoms with E-state index in [1.807, 2.05) is 11.4 Å². The molecule has 1 atom stereocenters. The summed E-state index contributed by atoms with van der Waals surface area (Å²) in [6.45, 7) is 2.28. The fourth-order valence-electron chi connectivity index (χ4n) is 0.889. The predicted octanol–water partition coefficient (Wildman–Crippen LogP) is 1.26. The first-order valence-corrected chi connectivity index (χ1v) is 4.08. The number of aliphatic hydroxyl groups is 1. The van der Waals surface area contributed by atoms with E-state index in [0.717, 1.165) is 10.4 Å². The van der Waals surface area contributed by atoms with Gasteiger partial charge in [-0.05, 0) is 23.9 Å². The molecule has 1 rings (SSSR count). The molecule has 3 N–H and O–H groups in total. The van der Waals surface area contributed by atoms with Crippen molar-refractivity contribution in [2.45, 2.75) is 19.6 Å². The molecule has 1 aromatic rings. The molecule has 56 valence electrons. The number of hydrogen-bond donors (Lipinski definition) is 2. The van der Waals surface area contributed by atoms with Crippen molar-refractivity contribution < 1.29 is 5.11 Å². The number of hydrogen-bond acceptors (Lipinski definition) is 3. The topological polar surface area (TPSA) is 46.2 Å². The summed E-state index contributed by atoms with van der Waals surface area (Å²) >= 11 is 1.59. The maximum Gasteiger partial charge on any atom is 0.0773 e. The fraction of sp³-hybridized carbons (Fsp3) is 0.429. The van der Waals surface area contributed by atoms with Crippen LogP contribution in [-0.2, 0) is 6.54 Å². The Bertz CT molecular complexity index is 207. The van der Waals surface area contributed by atoms with Crippen LogP contribution in [0.2, 0.25) is 0 Å². The molecule has 10 heavy (non-hydrogen) atoms. The summed E-state index contributed by atoms with van der Waals surface area (Å²) in [5.41, 5.74) is 6.40. The van der Waals surface area contributed by atoms with Crippen LogP contribution in [0, 0.1) is 0 Å². The maximum absolute atomic E-state index is 9.18.